The third-order valence-electron chi connectivity index (χ3n) is 3.00. The van der Waals surface area contributed by atoms with Crippen LogP contribution in [0, 0.1) is 0 Å². The van der Waals surface area contributed by atoms with E-state index in [2.05, 4.69) is 20.8 Å². The molecule has 0 bridgehead atoms. The Bertz CT molecular complexity index is 288. The molecule has 1 saturated heterocycles. The molecule has 1 fully saturated rings. The normalized spacial score (nSPS) is 30.5. The Kier molecular flexibility index (Phi) is 9.20. The van der Waals surface area contributed by atoms with Crippen LogP contribution >= 0.6 is 8.38 Å². The number of hydrogen-bond donors (Lipinski definition) is 3. The van der Waals surface area contributed by atoms with Gasteiger partial charge in [-0.25, -0.2) is 0 Å². The molecule has 0 aromatic rings. The van der Waals surface area contributed by atoms with E-state index in [1.54, 1.807) is 0 Å². The van der Waals surface area contributed by atoms with Crippen LogP contribution in [0.15, 0.2) is 0 Å². The molecule has 0 saturated carbocycles. The number of aliphatic hydroxyl groups excluding tert-OH is 2. The highest BCUT2D eigenvalue weighted by Gasteiger charge is 2.35. The van der Waals surface area contributed by atoms with Crippen LogP contribution < -0.4 is 4.30 Å². The molecule has 8 heteroatoms. The van der Waals surface area contributed by atoms with Gasteiger partial charge in [0.15, 0.2) is 8.38 Å². The Morgan fingerprint density at radius 2 is 1.81 bits per heavy atom. The maximum Gasteiger partial charge on any atom is 0.255 e. The highest BCUT2D eigenvalue weighted by atomic mass is 31.2. The summed E-state index contributed by atoms with van der Waals surface area (Å²) in [5, 5.41) is 19.6. The highest BCUT2D eigenvalue weighted by molar-refractivity contribution is 7.47. The average Bonchev–Trinajstić information content (AvgIpc) is 2.38. The fourth-order valence-electron chi connectivity index (χ4n) is 2.13. The standard InChI is InChI=1S/C13H27NO5P.Al/c1-8(2)18-20(19-9(3)4)6-5-10-7-11(15)12(16)13(14)17-10;/h8-16H,5-7H2,1-4H3;/q-1;+1. The van der Waals surface area contributed by atoms with Crippen molar-refractivity contribution >= 4 is 24.9 Å². The molecule has 0 amide bonds. The largest absolute Gasteiger partial charge is 0.390 e. The first-order chi connectivity index (χ1) is 9.83. The van der Waals surface area contributed by atoms with Crippen molar-refractivity contribution in [3.05, 3.63) is 0 Å². The van der Waals surface area contributed by atoms with Crippen molar-refractivity contribution in [1.82, 2.24) is 4.30 Å². The lowest BCUT2D eigenvalue weighted by atomic mass is 10.0. The number of ether oxygens (including phenoxy) is 1. The molecule has 21 heavy (non-hydrogen) atoms. The fraction of sp³-hybridized carbons (Fsp3) is 1.00. The van der Waals surface area contributed by atoms with Crippen LogP contribution in [0.25, 0.3) is 0 Å². The average molecular weight is 335 g/mol. The SMILES string of the molecule is CC(C)OP(CCC1CC(O)C(O)C([NH][Al])O1)OC(C)C. The van der Waals surface area contributed by atoms with Crippen molar-refractivity contribution < 1.29 is 24.0 Å². The Balaban J connectivity index is 2.47. The van der Waals surface area contributed by atoms with Crippen LogP contribution in [-0.4, -0.2) is 69.6 Å². The number of hydrogen-bond acceptors (Lipinski definition) is 6. The van der Waals surface area contributed by atoms with E-state index in [1.165, 1.54) is 0 Å². The van der Waals surface area contributed by atoms with Gasteiger partial charge < -0.3 is 28.3 Å². The van der Waals surface area contributed by atoms with E-state index in [0.717, 1.165) is 12.6 Å². The van der Waals surface area contributed by atoms with E-state index in [1.807, 2.05) is 27.7 Å². The molecule has 0 spiro atoms. The van der Waals surface area contributed by atoms with Crippen molar-refractivity contribution in [1.29, 1.82) is 0 Å². The van der Waals surface area contributed by atoms with E-state index >= 15 is 0 Å². The van der Waals surface area contributed by atoms with Crippen molar-refractivity contribution in [3.8, 4) is 0 Å². The number of rotatable bonds is 8. The first kappa shape index (κ1) is 19.8. The van der Waals surface area contributed by atoms with E-state index in [0.29, 0.717) is 6.42 Å². The fourth-order valence-corrected chi connectivity index (χ4v) is 4.10. The zero-order valence-corrected chi connectivity index (χ0v) is 15.3. The van der Waals surface area contributed by atoms with Gasteiger partial charge in [-0.05, 0) is 34.1 Å². The third kappa shape index (κ3) is 7.22. The van der Waals surface area contributed by atoms with Gasteiger partial charge in [0.05, 0.1) is 24.4 Å². The van der Waals surface area contributed by atoms with Crippen LogP contribution in [-0.2, 0) is 13.8 Å². The molecule has 1 rings (SSSR count). The summed E-state index contributed by atoms with van der Waals surface area (Å²) < 4.78 is 20.1. The monoisotopic (exact) mass is 335 g/mol. The van der Waals surface area contributed by atoms with Gasteiger partial charge >= 0.3 is 0 Å². The molecule has 0 aromatic heterocycles. The van der Waals surface area contributed by atoms with Crippen molar-refractivity contribution in [2.45, 2.75) is 77.3 Å². The Morgan fingerprint density at radius 3 is 2.29 bits per heavy atom. The van der Waals surface area contributed by atoms with Gasteiger partial charge in [0.1, 0.15) is 12.3 Å². The summed E-state index contributed by atoms with van der Waals surface area (Å²) in [4.78, 5) is 0. The molecular weight excluding hydrogens is 308 g/mol. The molecule has 3 N–H and O–H groups in total. The summed E-state index contributed by atoms with van der Waals surface area (Å²) in [6.07, 6.45) is -0.196. The minimum Gasteiger partial charge on any atom is -0.390 e. The molecule has 4 unspecified atom stereocenters. The summed E-state index contributed by atoms with van der Waals surface area (Å²) in [5.41, 5.74) is 0. The van der Waals surface area contributed by atoms with Gasteiger partial charge in [-0.3, -0.25) is 0 Å². The van der Waals surface area contributed by atoms with Gasteiger partial charge in [-0.15, -0.1) is 0 Å². The van der Waals surface area contributed by atoms with Crippen molar-refractivity contribution in [2.24, 2.45) is 0 Å². The van der Waals surface area contributed by atoms with Crippen molar-refractivity contribution in [2.75, 3.05) is 6.16 Å². The minimum absolute atomic E-state index is 0.113. The van der Waals surface area contributed by atoms with Crippen LogP contribution in [0.5, 0.6) is 0 Å². The molecule has 0 aliphatic carbocycles. The second-order valence-electron chi connectivity index (χ2n) is 5.79. The van der Waals surface area contributed by atoms with Crippen molar-refractivity contribution in [3.63, 3.8) is 0 Å². The minimum atomic E-state index is -0.958. The first-order valence-electron chi connectivity index (χ1n) is 7.42. The van der Waals surface area contributed by atoms with E-state index in [-0.39, 0.29) is 18.3 Å². The molecule has 0 aromatic carbocycles. The molecule has 1 aliphatic rings. The van der Waals surface area contributed by atoms with E-state index in [4.69, 9.17) is 13.8 Å². The quantitative estimate of drug-likeness (QED) is 0.454. The van der Waals surface area contributed by atoms with Gasteiger partial charge in [0.2, 0.25) is 0 Å². The number of nitrogens with one attached hydrogen (secondary N) is 1. The third-order valence-corrected chi connectivity index (χ3v) is 5.27. The smallest absolute Gasteiger partial charge is 0.255 e. The molecule has 1 aliphatic heterocycles. The van der Waals surface area contributed by atoms with Crippen LogP contribution in [0.2, 0.25) is 0 Å². The zero-order chi connectivity index (χ0) is 16.0. The van der Waals surface area contributed by atoms with Gasteiger partial charge in [-0.1, -0.05) is 0 Å². The predicted octanol–water partition coefficient (Wildman–Crippen LogP) is 1.05. The van der Waals surface area contributed by atoms with Gasteiger partial charge in [0.25, 0.3) is 16.5 Å². The summed E-state index contributed by atoms with van der Waals surface area (Å²) in [6.45, 7) is 7.96. The first-order valence-corrected chi connectivity index (χ1v) is 9.36. The topological polar surface area (TPSA) is 80.2 Å². The zero-order valence-electron chi connectivity index (χ0n) is 13.2. The van der Waals surface area contributed by atoms with E-state index < -0.39 is 26.8 Å². The van der Waals surface area contributed by atoms with E-state index in [9.17, 15) is 10.2 Å². The maximum absolute atomic E-state index is 9.87. The molecule has 4 atom stereocenters. The lowest BCUT2D eigenvalue weighted by molar-refractivity contribution is -0.172. The van der Waals surface area contributed by atoms with Crippen LogP contribution in [0.3, 0.4) is 0 Å². The number of aliphatic hydroxyl groups is 2. The van der Waals surface area contributed by atoms with Gasteiger partial charge in [-0.2, -0.15) is 0 Å². The van der Waals surface area contributed by atoms with Crippen LogP contribution in [0.4, 0.5) is 0 Å². The molecule has 122 valence electrons. The second kappa shape index (κ2) is 9.77. The summed E-state index contributed by atoms with van der Waals surface area (Å²) in [5.74, 6) is 0. The summed E-state index contributed by atoms with van der Waals surface area (Å²) in [6, 6.07) is 0. The Hall–Kier alpha value is 0.722. The molecule has 6 nitrogen and oxygen atoms in total. The highest BCUT2D eigenvalue weighted by Crippen LogP contribution is 2.42. The lowest BCUT2D eigenvalue weighted by Crippen LogP contribution is -2.54. The maximum atomic E-state index is 9.87. The summed E-state index contributed by atoms with van der Waals surface area (Å²) >= 11 is 2.31. The lowest BCUT2D eigenvalue weighted by Gasteiger charge is -2.38. The Morgan fingerprint density at radius 1 is 1.24 bits per heavy atom. The molecule has 1 heterocycles. The molecule has 2 radical (unpaired) electrons. The Labute approximate surface area is 137 Å². The summed E-state index contributed by atoms with van der Waals surface area (Å²) in [7, 11) is -0.958. The van der Waals surface area contributed by atoms with Gasteiger partial charge in [0, 0.05) is 12.6 Å². The second-order valence-corrected chi connectivity index (χ2v) is 7.66. The molecular formula is C13H27AlNO5P. The van der Waals surface area contributed by atoms with Crippen LogP contribution in [0.1, 0.15) is 40.5 Å². The predicted molar refractivity (Wildman–Crippen MR) is 83.0 cm³/mol.